The van der Waals surface area contributed by atoms with E-state index in [9.17, 15) is 13.2 Å². The van der Waals surface area contributed by atoms with Crippen molar-refractivity contribution in [2.45, 2.75) is 37.9 Å². The normalized spacial score (nSPS) is 31.8. The minimum absolute atomic E-state index is 0.0200. The summed E-state index contributed by atoms with van der Waals surface area (Å²) in [6.45, 7) is 2.36. The van der Waals surface area contributed by atoms with Gasteiger partial charge in [-0.3, -0.25) is 10.1 Å². The lowest BCUT2D eigenvalue weighted by atomic mass is 9.99. The van der Waals surface area contributed by atoms with Crippen molar-refractivity contribution < 1.29 is 13.2 Å². The van der Waals surface area contributed by atoms with Gasteiger partial charge in [-0.25, -0.2) is 13.4 Å². The Morgan fingerprint density at radius 3 is 3.05 bits per heavy atom. The van der Waals surface area contributed by atoms with Crippen LogP contribution in [0.2, 0.25) is 0 Å². The molecule has 2 unspecified atom stereocenters. The summed E-state index contributed by atoms with van der Waals surface area (Å²) in [4.78, 5) is 19.5. The van der Waals surface area contributed by atoms with Crippen LogP contribution in [0.1, 0.15) is 24.7 Å². The van der Waals surface area contributed by atoms with Crippen molar-refractivity contribution in [3.05, 3.63) is 17.7 Å². The molecule has 0 aromatic carbocycles. The zero-order valence-corrected chi connectivity index (χ0v) is 12.1. The first-order valence-electron chi connectivity index (χ1n) is 6.64. The first kappa shape index (κ1) is 13.6. The van der Waals surface area contributed by atoms with Crippen LogP contribution < -0.4 is 10.6 Å². The van der Waals surface area contributed by atoms with Gasteiger partial charge in [0.2, 0.25) is 5.91 Å². The van der Waals surface area contributed by atoms with Crippen molar-refractivity contribution in [2.24, 2.45) is 0 Å². The minimum atomic E-state index is -3.02. The van der Waals surface area contributed by atoms with Crippen LogP contribution in [0.25, 0.3) is 0 Å². The second kappa shape index (κ2) is 4.56. The van der Waals surface area contributed by atoms with E-state index in [1.807, 2.05) is 0 Å². The second-order valence-corrected chi connectivity index (χ2v) is 8.04. The molecule has 20 heavy (non-hydrogen) atoms. The number of hydrogen-bond acceptors (Lipinski definition) is 5. The van der Waals surface area contributed by atoms with E-state index in [-0.39, 0.29) is 23.5 Å². The summed E-state index contributed by atoms with van der Waals surface area (Å²) in [7, 11) is -3.02. The summed E-state index contributed by atoms with van der Waals surface area (Å²) in [6.07, 6.45) is 2.62. The van der Waals surface area contributed by atoms with E-state index in [4.69, 9.17) is 0 Å². The number of amides is 1. The lowest BCUT2D eigenvalue weighted by molar-refractivity contribution is -0.124. The summed E-state index contributed by atoms with van der Waals surface area (Å²) in [5.41, 5.74) is 1.25. The minimum Gasteiger partial charge on any atom is -0.349 e. The molecule has 0 radical (unpaired) electrons. The van der Waals surface area contributed by atoms with E-state index in [2.05, 4.69) is 20.6 Å². The highest BCUT2D eigenvalue weighted by atomic mass is 32.2. The highest BCUT2D eigenvalue weighted by molar-refractivity contribution is 7.91. The lowest BCUT2D eigenvalue weighted by Gasteiger charge is -2.29. The molecular formula is C12H18N4O3S. The molecule has 3 rings (SSSR count). The Kier molecular flexibility index (Phi) is 3.09. The van der Waals surface area contributed by atoms with Gasteiger partial charge in [-0.1, -0.05) is 0 Å². The maximum Gasteiger partial charge on any atom is 0.238 e. The van der Waals surface area contributed by atoms with Crippen LogP contribution in [-0.2, 0) is 27.6 Å². The Morgan fingerprint density at radius 1 is 1.55 bits per heavy atom. The molecule has 1 aromatic heterocycles. The van der Waals surface area contributed by atoms with Crippen molar-refractivity contribution >= 4 is 15.7 Å². The maximum absolute atomic E-state index is 12.3. The van der Waals surface area contributed by atoms with Gasteiger partial charge in [0.05, 0.1) is 40.8 Å². The highest BCUT2D eigenvalue weighted by Crippen LogP contribution is 2.23. The first-order chi connectivity index (χ1) is 9.37. The number of imidazole rings is 1. The predicted molar refractivity (Wildman–Crippen MR) is 72.7 cm³/mol. The summed E-state index contributed by atoms with van der Waals surface area (Å²) >= 11 is 0. The van der Waals surface area contributed by atoms with E-state index in [1.165, 1.54) is 0 Å². The molecular weight excluding hydrogens is 280 g/mol. The topological polar surface area (TPSA) is 104 Å². The molecule has 2 aliphatic rings. The van der Waals surface area contributed by atoms with Crippen molar-refractivity contribution in [3.8, 4) is 0 Å². The molecule has 7 nitrogen and oxygen atoms in total. The fourth-order valence-electron chi connectivity index (χ4n) is 2.85. The Hall–Kier alpha value is -1.41. The first-order valence-corrected chi connectivity index (χ1v) is 8.46. The van der Waals surface area contributed by atoms with Gasteiger partial charge in [-0.15, -0.1) is 0 Å². The number of nitrogens with zero attached hydrogens (tertiary/aromatic N) is 1. The van der Waals surface area contributed by atoms with Gasteiger partial charge in [-0.05, 0) is 13.3 Å². The van der Waals surface area contributed by atoms with E-state index in [0.717, 1.165) is 11.4 Å². The zero-order valence-electron chi connectivity index (χ0n) is 11.3. The number of aromatic amines is 1. The van der Waals surface area contributed by atoms with Gasteiger partial charge in [0.15, 0.2) is 9.84 Å². The Labute approximate surface area is 117 Å². The number of rotatable bonds is 2. The van der Waals surface area contributed by atoms with Crippen LogP contribution in [0.4, 0.5) is 0 Å². The average Bonchev–Trinajstić information content (AvgIpc) is 2.92. The number of aromatic nitrogens is 2. The smallest absolute Gasteiger partial charge is 0.238 e. The van der Waals surface area contributed by atoms with E-state index in [0.29, 0.717) is 19.4 Å². The van der Waals surface area contributed by atoms with Gasteiger partial charge in [0, 0.05) is 13.0 Å². The van der Waals surface area contributed by atoms with Crippen LogP contribution in [0.15, 0.2) is 6.33 Å². The highest BCUT2D eigenvalue weighted by Gasteiger charge is 2.40. The molecule has 3 N–H and O–H groups in total. The molecule has 1 amide bonds. The summed E-state index contributed by atoms with van der Waals surface area (Å²) < 4.78 is 23.1. The number of H-pyrrole nitrogens is 1. The van der Waals surface area contributed by atoms with Gasteiger partial charge < -0.3 is 10.3 Å². The second-order valence-electron chi connectivity index (χ2n) is 5.86. The van der Waals surface area contributed by atoms with Crippen LogP contribution in [0.3, 0.4) is 0 Å². The fraction of sp³-hybridized carbons (Fsp3) is 0.667. The Bertz CT molecular complexity index is 639. The number of fused-ring (bicyclic) bond motifs is 1. The van der Waals surface area contributed by atoms with Crippen LogP contribution in [0, 0.1) is 0 Å². The molecule has 1 saturated heterocycles. The number of carbonyl (C=O) groups excluding carboxylic acids is 1. The molecule has 3 heterocycles. The van der Waals surface area contributed by atoms with Crippen LogP contribution in [-0.4, -0.2) is 47.4 Å². The number of sulfone groups is 1. The van der Waals surface area contributed by atoms with Crippen molar-refractivity contribution in [3.63, 3.8) is 0 Å². The maximum atomic E-state index is 12.3. The molecule has 0 bridgehead atoms. The monoisotopic (exact) mass is 298 g/mol. The van der Waals surface area contributed by atoms with Crippen molar-refractivity contribution in [2.75, 3.05) is 11.5 Å². The van der Waals surface area contributed by atoms with Gasteiger partial charge in [0.25, 0.3) is 0 Å². The molecule has 110 valence electrons. The number of carbonyl (C=O) groups is 1. The molecule has 8 heteroatoms. The average molecular weight is 298 g/mol. The van der Waals surface area contributed by atoms with Crippen molar-refractivity contribution in [1.82, 2.24) is 20.6 Å². The molecule has 0 spiro atoms. The molecule has 2 atom stereocenters. The van der Waals surface area contributed by atoms with Crippen LogP contribution in [0.5, 0.6) is 0 Å². The third-order valence-electron chi connectivity index (χ3n) is 3.98. The lowest BCUT2D eigenvalue weighted by Crippen LogP contribution is -2.55. The fourth-order valence-corrected chi connectivity index (χ4v) is 4.94. The van der Waals surface area contributed by atoms with E-state index < -0.39 is 15.4 Å². The number of nitrogens with one attached hydrogen (secondary N) is 3. The molecule has 1 fully saturated rings. The quantitative estimate of drug-likeness (QED) is 0.657. The SMILES string of the molecule is CC1(NC(=O)C2Cc3nc[nH]c3CN2)CCS(=O)(=O)C1. The summed E-state index contributed by atoms with van der Waals surface area (Å²) in [6, 6.07) is -0.356. The Morgan fingerprint density at radius 2 is 2.35 bits per heavy atom. The molecule has 0 saturated carbocycles. The molecule has 1 aromatic rings. The predicted octanol–water partition coefficient (Wildman–Crippen LogP) is -0.883. The molecule has 0 aliphatic carbocycles. The third-order valence-corrected chi connectivity index (χ3v) is 5.88. The van der Waals surface area contributed by atoms with E-state index in [1.54, 1.807) is 13.3 Å². The summed E-state index contributed by atoms with van der Waals surface area (Å²) in [5.74, 6) is 0.00979. The van der Waals surface area contributed by atoms with Gasteiger partial charge in [0.1, 0.15) is 0 Å². The van der Waals surface area contributed by atoms with Crippen molar-refractivity contribution in [1.29, 1.82) is 0 Å². The third kappa shape index (κ3) is 2.57. The van der Waals surface area contributed by atoms with E-state index >= 15 is 0 Å². The largest absolute Gasteiger partial charge is 0.349 e. The Balaban J connectivity index is 1.66. The number of hydrogen-bond donors (Lipinski definition) is 3. The summed E-state index contributed by atoms with van der Waals surface area (Å²) in [5, 5.41) is 6.03. The van der Waals surface area contributed by atoms with Gasteiger partial charge >= 0.3 is 0 Å². The van der Waals surface area contributed by atoms with Crippen LogP contribution >= 0.6 is 0 Å². The molecule has 2 aliphatic heterocycles. The standard InChI is InChI=1S/C12H18N4O3S/c1-12(2-3-20(18,19)6-12)16-11(17)9-4-8-10(5-13-9)15-7-14-8/h7,9,13H,2-6H2,1H3,(H,14,15)(H,16,17). The zero-order chi connectivity index (χ0) is 14.4. The van der Waals surface area contributed by atoms with Gasteiger partial charge in [-0.2, -0.15) is 0 Å².